The van der Waals surface area contributed by atoms with Crippen LogP contribution in [0.1, 0.15) is 26.2 Å². The Hall–Kier alpha value is -0.460. The number of hydrogen-bond donors (Lipinski definition) is 0. The Kier molecular flexibility index (Phi) is 1.95. The van der Waals surface area contributed by atoms with Crippen LogP contribution in [0.15, 0.2) is 11.8 Å². The van der Waals surface area contributed by atoms with Crippen molar-refractivity contribution in [2.45, 2.75) is 26.2 Å². The summed E-state index contributed by atoms with van der Waals surface area (Å²) in [6.07, 6.45) is 5.85. The van der Waals surface area contributed by atoms with E-state index in [2.05, 4.69) is 6.08 Å². The Balaban J connectivity index is 2.23. The minimum Gasteiger partial charge on any atom is -0.499 e. The van der Waals surface area contributed by atoms with E-state index in [0.717, 1.165) is 13.0 Å². The second-order valence-corrected chi connectivity index (χ2v) is 2.00. The fourth-order valence-electron chi connectivity index (χ4n) is 0.958. The summed E-state index contributed by atoms with van der Waals surface area (Å²) < 4.78 is 5.26. The molecule has 0 bridgehead atoms. The van der Waals surface area contributed by atoms with Crippen molar-refractivity contribution in [1.82, 2.24) is 0 Å². The van der Waals surface area contributed by atoms with Crippen molar-refractivity contribution < 1.29 is 4.74 Å². The minimum absolute atomic E-state index is 0.825. The van der Waals surface area contributed by atoms with E-state index >= 15 is 0 Å². The van der Waals surface area contributed by atoms with Crippen LogP contribution in [0.4, 0.5) is 0 Å². The molecule has 1 aliphatic rings. The molecule has 0 saturated heterocycles. The molecular weight excluding hydrogens is 100 g/mol. The molecule has 1 rings (SSSR count). The highest BCUT2D eigenvalue weighted by atomic mass is 16.5. The van der Waals surface area contributed by atoms with E-state index in [1.165, 1.54) is 18.6 Å². The molecule has 0 heterocycles. The quantitative estimate of drug-likeness (QED) is 0.531. The monoisotopic (exact) mass is 112 g/mol. The molecule has 0 saturated carbocycles. The molecule has 8 heavy (non-hydrogen) atoms. The zero-order valence-electron chi connectivity index (χ0n) is 5.31. The van der Waals surface area contributed by atoms with Crippen LogP contribution in [0.25, 0.3) is 0 Å². The molecule has 0 aromatic heterocycles. The van der Waals surface area contributed by atoms with E-state index in [1.807, 2.05) is 6.92 Å². The Labute approximate surface area is 50.3 Å². The smallest absolute Gasteiger partial charge is 0.0919 e. The summed E-state index contributed by atoms with van der Waals surface area (Å²) in [5.74, 6) is 1.20. The molecule has 0 unspecified atom stereocenters. The van der Waals surface area contributed by atoms with Gasteiger partial charge in [0.15, 0.2) is 0 Å². The lowest BCUT2D eigenvalue weighted by molar-refractivity contribution is 0.223. The Bertz CT molecular complexity index is 94.6. The molecule has 0 aromatic carbocycles. The lowest BCUT2D eigenvalue weighted by atomic mass is 10.4. The van der Waals surface area contributed by atoms with Gasteiger partial charge in [-0.15, -0.1) is 0 Å². The molecule has 0 radical (unpaired) electrons. The number of allylic oxidation sites excluding steroid dienone is 2. The summed E-state index contributed by atoms with van der Waals surface area (Å²) in [5.41, 5.74) is 0. The van der Waals surface area contributed by atoms with Crippen molar-refractivity contribution in [3.8, 4) is 0 Å². The van der Waals surface area contributed by atoms with Gasteiger partial charge in [-0.25, -0.2) is 0 Å². The summed E-state index contributed by atoms with van der Waals surface area (Å²) in [6.45, 7) is 2.85. The van der Waals surface area contributed by atoms with Crippen LogP contribution in [0.3, 0.4) is 0 Å². The van der Waals surface area contributed by atoms with Gasteiger partial charge in [-0.3, -0.25) is 0 Å². The van der Waals surface area contributed by atoms with Crippen molar-refractivity contribution in [3.63, 3.8) is 0 Å². The molecule has 1 heteroatoms. The average molecular weight is 112 g/mol. The van der Waals surface area contributed by atoms with Gasteiger partial charge in [0.05, 0.1) is 12.4 Å². The fourth-order valence-corrected chi connectivity index (χ4v) is 0.958. The molecule has 0 aromatic rings. The predicted molar refractivity (Wildman–Crippen MR) is 33.6 cm³/mol. The Morgan fingerprint density at radius 3 is 3.12 bits per heavy atom. The summed E-state index contributed by atoms with van der Waals surface area (Å²) in [6, 6.07) is 0. The third kappa shape index (κ3) is 1.25. The molecule has 0 amide bonds. The first kappa shape index (κ1) is 5.67. The molecule has 0 aliphatic heterocycles. The topological polar surface area (TPSA) is 9.23 Å². The molecular formula is C7H12O. The standard InChI is InChI=1S/C7H12O/c1-2-8-7-5-3-4-6-7/h5H,2-4,6H2,1H3. The molecule has 46 valence electrons. The Morgan fingerprint density at radius 2 is 2.62 bits per heavy atom. The van der Waals surface area contributed by atoms with Crippen LogP contribution in [0.2, 0.25) is 0 Å². The number of ether oxygens (including phenoxy) is 1. The van der Waals surface area contributed by atoms with Crippen LogP contribution in [0.5, 0.6) is 0 Å². The SMILES string of the molecule is CCOC1=CCCC1. The number of hydrogen-bond acceptors (Lipinski definition) is 1. The van der Waals surface area contributed by atoms with Crippen molar-refractivity contribution in [1.29, 1.82) is 0 Å². The summed E-state index contributed by atoms with van der Waals surface area (Å²) in [7, 11) is 0. The van der Waals surface area contributed by atoms with E-state index in [1.54, 1.807) is 0 Å². The number of rotatable bonds is 2. The fraction of sp³-hybridized carbons (Fsp3) is 0.714. The van der Waals surface area contributed by atoms with Gasteiger partial charge < -0.3 is 4.74 Å². The second-order valence-electron chi connectivity index (χ2n) is 2.00. The van der Waals surface area contributed by atoms with Crippen LogP contribution in [-0.2, 0) is 4.74 Å². The normalized spacial score (nSPS) is 18.4. The highest BCUT2D eigenvalue weighted by Gasteiger charge is 2.02. The van der Waals surface area contributed by atoms with Crippen LogP contribution in [0, 0.1) is 0 Å². The van der Waals surface area contributed by atoms with Gasteiger partial charge >= 0.3 is 0 Å². The first-order valence-electron chi connectivity index (χ1n) is 3.25. The summed E-state index contributed by atoms with van der Waals surface area (Å²) in [4.78, 5) is 0. The zero-order valence-corrected chi connectivity index (χ0v) is 5.31. The zero-order chi connectivity index (χ0) is 5.82. The Morgan fingerprint density at radius 1 is 1.75 bits per heavy atom. The van der Waals surface area contributed by atoms with E-state index in [0.29, 0.717) is 0 Å². The third-order valence-electron chi connectivity index (χ3n) is 1.33. The van der Waals surface area contributed by atoms with E-state index in [9.17, 15) is 0 Å². The third-order valence-corrected chi connectivity index (χ3v) is 1.33. The molecule has 1 nitrogen and oxygen atoms in total. The van der Waals surface area contributed by atoms with Gasteiger partial charge in [-0.05, 0) is 25.8 Å². The maximum Gasteiger partial charge on any atom is 0.0919 e. The molecule has 0 N–H and O–H groups in total. The van der Waals surface area contributed by atoms with Gasteiger partial charge in [0.1, 0.15) is 0 Å². The van der Waals surface area contributed by atoms with Crippen molar-refractivity contribution in [2.75, 3.05) is 6.61 Å². The average Bonchev–Trinajstić information content (AvgIpc) is 2.19. The lowest BCUT2D eigenvalue weighted by Gasteiger charge is -2.00. The van der Waals surface area contributed by atoms with Crippen LogP contribution >= 0.6 is 0 Å². The van der Waals surface area contributed by atoms with E-state index < -0.39 is 0 Å². The first-order valence-corrected chi connectivity index (χ1v) is 3.25. The van der Waals surface area contributed by atoms with Crippen molar-refractivity contribution in [3.05, 3.63) is 11.8 Å². The summed E-state index contributed by atoms with van der Waals surface area (Å²) in [5, 5.41) is 0. The van der Waals surface area contributed by atoms with Gasteiger partial charge in [0.2, 0.25) is 0 Å². The van der Waals surface area contributed by atoms with Crippen LogP contribution in [-0.4, -0.2) is 6.61 Å². The summed E-state index contributed by atoms with van der Waals surface area (Å²) >= 11 is 0. The van der Waals surface area contributed by atoms with Gasteiger partial charge in [0, 0.05) is 6.42 Å². The maximum absolute atomic E-state index is 5.26. The molecule has 0 atom stereocenters. The van der Waals surface area contributed by atoms with Crippen molar-refractivity contribution in [2.24, 2.45) is 0 Å². The van der Waals surface area contributed by atoms with Crippen molar-refractivity contribution >= 4 is 0 Å². The second kappa shape index (κ2) is 2.75. The van der Waals surface area contributed by atoms with Gasteiger partial charge in [-0.2, -0.15) is 0 Å². The molecule has 1 aliphatic carbocycles. The largest absolute Gasteiger partial charge is 0.499 e. The van der Waals surface area contributed by atoms with E-state index in [-0.39, 0.29) is 0 Å². The minimum atomic E-state index is 0.825. The molecule has 0 spiro atoms. The van der Waals surface area contributed by atoms with Gasteiger partial charge in [-0.1, -0.05) is 0 Å². The first-order chi connectivity index (χ1) is 3.93. The van der Waals surface area contributed by atoms with E-state index in [4.69, 9.17) is 4.74 Å². The van der Waals surface area contributed by atoms with Crippen LogP contribution < -0.4 is 0 Å². The highest BCUT2D eigenvalue weighted by molar-refractivity contribution is 4.98. The maximum atomic E-state index is 5.26. The highest BCUT2D eigenvalue weighted by Crippen LogP contribution is 2.17. The molecule has 0 fully saturated rings. The lowest BCUT2D eigenvalue weighted by Crippen LogP contribution is -1.85. The predicted octanol–water partition coefficient (Wildman–Crippen LogP) is 2.09. The van der Waals surface area contributed by atoms with Gasteiger partial charge in [0.25, 0.3) is 0 Å².